The summed E-state index contributed by atoms with van der Waals surface area (Å²) < 4.78 is 5.31. The van der Waals surface area contributed by atoms with Gasteiger partial charge in [-0.15, -0.1) is 0 Å². The van der Waals surface area contributed by atoms with Crippen LogP contribution < -0.4 is 11.1 Å². The maximum absolute atomic E-state index is 12.5. The monoisotopic (exact) mass is 271 g/mol. The molecule has 0 saturated carbocycles. The number of likely N-dealkylation sites (N-methyl/N-ethyl adjacent to an activating group) is 1. The molecule has 110 valence electrons. The molecule has 0 radical (unpaired) electrons. The lowest BCUT2D eigenvalue weighted by Gasteiger charge is -2.39. The first-order valence-electron chi connectivity index (χ1n) is 6.89. The number of nitrogens with one attached hydrogen (secondary N) is 1. The summed E-state index contributed by atoms with van der Waals surface area (Å²) in [5, 5.41) is 2.73. The first-order valence-corrected chi connectivity index (χ1v) is 6.89. The van der Waals surface area contributed by atoms with Crippen LogP contribution in [0.5, 0.6) is 0 Å². The lowest BCUT2D eigenvalue weighted by molar-refractivity contribution is -0.152. The van der Waals surface area contributed by atoms with Crippen LogP contribution in [0.4, 0.5) is 0 Å². The highest BCUT2D eigenvalue weighted by Crippen LogP contribution is 2.17. The molecule has 2 amide bonds. The maximum atomic E-state index is 12.5. The van der Waals surface area contributed by atoms with E-state index < -0.39 is 11.6 Å². The van der Waals surface area contributed by atoms with Gasteiger partial charge in [0, 0.05) is 13.1 Å². The van der Waals surface area contributed by atoms with Gasteiger partial charge in [0.2, 0.25) is 11.8 Å². The SMILES string of the molecule is CCCC(C)(N)C(=O)N1CCOCC1C(=O)NCC. The van der Waals surface area contributed by atoms with Crippen molar-refractivity contribution in [1.29, 1.82) is 0 Å². The van der Waals surface area contributed by atoms with Gasteiger partial charge in [-0.2, -0.15) is 0 Å². The summed E-state index contributed by atoms with van der Waals surface area (Å²) in [7, 11) is 0. The van der Waals surface area contributed by atoms with Crippen LogP contribution in [0.15, 0.2) is 0 Å². The van der Waals surface area contributed by atoms with Crippen molar-refractivity contribution >= 4 is 11.8 Å². The van der Waals surface area contributed by atoms with Crippen LogP contribution in [0.3, 0.4) is 0 Å². The van der Waals surface area contributed by atoms with Crippen molar-refractivity contribution in [3.8, 4) is 0 Å². The summed E-state index contributed by atoms with van der Waals surface area (Å²) in [6, 6.07) is -0.569. The Morgan fingerprint density at radius 3 is 2.74 bits per heavy atom. The van der Waals surface area contributed by atoms with E-state index in [1.54, 1.807) is 11.8 Å². The molecule has 2 atom stereocenters. The van der Waals surface area contributed by atoms with Crippen molar-refractivity contribution in [1.82, 2.24) is 10.2 Å². The zero-order valence-electron chi connectivity index (χ0n) is 12.1. The molecule has 3 N–H and O–H groups in total. The lowest BCUT2D eigenvalue weighted by Crippen LogP contribution is -2.62. The summed E-state index contributed by atoms with van der Waals surface area (Å²) in [5.41, 5.74) is 5.15. The summed E-state index contributed by atoms with van der Waals surface area (Å²) in [4.78, 5) is 26.0. The highest BCUT2D eigenvalue weighted by Gasteiger charge is 2.39. The van der Waals surface area contributed by atoms with Gasteiger partial charge in [-0.25, -0.2) is 0 Å². The second kappa shape index (κ2) is 6.86. The fourth-order valence-corrected chi connectivity index (χ4v) is 2.31. The third-order valence-electron chi connectivity index (χ3n) is 3.30. The predicted molar refractivity (Wildman–Crippen MR) is 72.5 cm³/mol. The molecule has 1 heterocycles. The maximum Gasteiger partial charge on any atom is 0.245 e. The van der Waals surface area contributed by atoms with Gasteiger partial charge in [-0.05, 0) is 20.3 Å². The number of carbonyl (C=O) groups excluding carboxylic acids is 2. The van der Waals surface area contributed by atoms with Crippen molar-refractivity contribution < 1.29 is 14.3 Å². The van der Waals surface area contributed by atoms with Crippen LogP contribution in [-0.4, -0.2) is 54.6 Å². The Morgan fingerprint density at radius 1 is 1.47 bits per heavy atom. The zero-order valence-corrected chi connectivity index (χ0v) is 12.1. The molecular formula is C13H25N3O3. The van der Waals surface area contributed by atoms with Gasteiger partial charge in [0.1, 0.15) is 6.04 Å². The first kappa shape index (κ1) is 15.9. The molecule has 6 nitrogen and oxygen atoms in total. The van der Waals surface area contributed by atoms with E-state index >= 15 is 0 Å². The van der Waals surface area contributed by atoms with Crippen molar-refractivity contribution in [2.24, 2.45) is 5.73 Å². The minimum atomic E-state index is -0.920. The summed E-state index contributed by atoms with van der Waals surface area (Å²) in [6.45, 7) is 7.19. The van der Waals surface area contributed by atoms with Crippen LogP contribution in [0, 0.1) is 0 Å². The van der Waals surface area contributed by atoms with Crippen LogP contribution >= 0.6 is 0 Å². The molecule has 1 aliphatic heterocycles. The molecule has 0 bridgehead atoms. The second-order valence-electron chi connectivity index (χ2n) is 5.15. The standard InChI is InChI=1S/C13H25N3O3/c1-4-6-13(3,14)12(18)16-7-8-19-9-10(16)11(17)15-5-2/h10H,4-9,14H2,1-3H3,(H,15,17). The molecule has 0 aromatic rings. The molecule has 6 heteroatoms. The molecule has 0 spiro atoms. The fourth-order valence-electron chi connectivity index (χ4n) is 2.31. The zero-order chi connectivity index (χ0) is 14.5. The molecule has 1 fully saturated rings. The number of nitrogens with zero attached hydrogens (tertiary/aromatic N) is 1. The van der Waals surface area contributed by atoms with E-state index in [2.05, 4.69) is 5.32 Å². The number of amides is 2. The molecule has 1 saturated heterocycles. The van der Waals surface area contributed by atoms with Gasteiger partial charge in [-0.3, -0.25) is 9.59 Å². The number of rotatable bonds is 5. The Kier molecular flexibility index (Phi) is 5.75. The molecule has 0 aromatic carbocycles. The lowest BCUT2D eigenvalue weighted by atomic mass is 9.94. The molecule has 1 aliphatic rings. The average molecular weight is 271 g/mol. The Morgan fingerprint density at radius 2 is 2.16 bits per heavy atom. The average Bonchev–Trinajstić information content (AvgIpc) is 2.38. The van der Waals surface area contributed by atoms with Crippen LogP contribution in [0.1, 0.15) is 33.6 Å². The van der Waals surface area contributed by atoms with E-state index in [-0.39, 0.29) is 18.4 Å². The summed E-state index contributed by atoms with van der Waals surface area (Å²) in [5.74, 6) is -0.350. The number of carbonyl (C=O) groups is 2. The molecular weight excluding hydrogens is 246 g/mol. The van der Waals surface area contributed by atoms with Crippen molar-refractivity contribution in [2.75, 3.05) is 26.3 Å². The highest BCUT2D eigenvalue weighted by molar-refractivity contribution is 5.92. The first-order chi connectivity index (χ1) is 8.94. The number of ether oxygens (including phenoxy) is 1. The highest BCUT2D eigenvalue weighted by atomic mass is 16.5. The number of hydrogen-bond acceptors (Lipinski definition) is 4. The second-order valence-corrected chi connectivity index (χ2v) is 5.15. The quantitative estimate of drug-likeness (QED) is 0.729. The van der Waals surface area contributed by atoms with Gasteiger partial charge in [0.05, 0.1) is 18.8 Å². The summed E-state index contributed by atoms with van der Waals surface area (Å²) >= 11 is 0. The number of morpholine rings is 1. The Bertz CT molecular complexity index is 331. The van der Waals surface area contributed by atoms with Crippen LogP contribution in [-0.2, 0) is 14.3 Å². The fraction of sp³-hybridized carbons (Fsp3) is 0.846. The summed E-state index contributed by atoms with van der Waals surface area (Å²) in [6.07, 6.45) is 1.43. The van der Waals surface area contributed by atoms with Gasteiger partial charge in [0.25, 0.3) is 0 Å². The van der Waals surface area contributed by atoms with Crippen molar-refractivity contribution in [3.05, 3.63) is 0 Å². The van der Waals surface area contributed by atoms with Gasteiger partial charge in [-0.1, -0.05) is 13.3 Å². The van der Waals surface area contributed by atoms with Gasteiger partial charge >= 0.3 is 0 Å². The van der Waals surface area contributed by atoms with Gasteiger partial charge in [0.15, 0.2) is 0 Å². The molecule has 19 heavy (non-hydrogen) atoms. The third-order valence-corrected chi connectivity index (χ3v) is 3.30. The van der Waals surface area contributed by atoms with E-state index in [1.165, 1.54) is 0 Å². The van der Waals surface area contributed by atoms with Crippen molar-refractivity contribution in [2.45, 2.75) is 45.2 Å². The van der Waals surface area contributed by atoms with Crippen LogP contribution in [0.25, 0.3) is 0 Å². The van der Waals surface area contributed by atoms with E-state index in [9.17, 15) is 9.59 Å². The molecule has 1 rings (SSSR count). The molecule has 0 aliphatic carbocycles. The minimum Gasteiger partial charge on any atom is -0.377 e. The predicted octanol–water partition coefficient (Wildman–Crippen LogP) is -0.133. The van der Waals surface area contributed by atoms with E-state index in [1.807, 2.05) is 13.8 Å². The number of hydrogen-bond donors (Lipinski definition) is 2. The Balaban J connectivity index is 2.82. The Labute approximate surface area is 114 Å². The smallest absolute Gasteiger partial charge is 0.245 e. The van der Waals surface area contributed by atoms with E-state index in [0.29, 0.717) is 26.1 Å². The molecule has 2 unspecified atom stereocenters. The number of nitrogens with two attached hydrogens (primary N) is 1. The minimum absolute atomic E-state index is 0.172. The van der Waals surface area contributed by atoms with E-state index in [4.69, 9.17) is 10.5 Å². The van der Waals surface area contributed by atoms with Crippen LogP contribution in [0.2, 0.25) is 0 Å². The normalized spacial score (nSPS) is 22.7. The Hall–Kier alpha value is -1.14. The van der Waals surface area contributed by atoms with E-state index in [0.717, 1.165) is 6.42 Å². The third kappa shape index (κ3) is 3.91. The molecule has 0 aromatic heterocycles. The van der Waals surface area contributed by atoms with Gasteiger partial charge < -0.3 is 20.7 Å². The largest absolute Gasteiger partial charge is 0.377 e. The van der Waals surface area contributed by atoms with Crippen molar-refractivity contribution in [3.63, 3.8) is 0 Å². The topological polar surface area (TPSA) is 84.7 Å².